The molecule has 0 saturated heterocycles. The Morgan fingerprint density at radius 1 is 1.45 bits per heavy atom. The summed E-state index contributed by atoms with van der Waals surface area (Å²) in [6, 6.07) is 0.155. The molecule has 2 heterocycles. The van der Waals surface area contributed by atoms with Gasteiger partial charge in [-0.25, -0.2) is 9.97 Å². The van der Waals surface area contributed by atoms with Gasteiger partial charge in [0, 0.05) is 18.3 Å². The Morgan fingerprint density at radius 3 is 3.05 bits per heavy atom. The lowest BCUT2D eigenvalue weighted by molar-refractivity contribution is 0.244. The lowest BCUT2D eigenvalue weighted by Gasteiger charge is -2.12. The highest BCUT2D eigenvalue weighted by Crippen LogP contribution is 2.32. The highest BCUT2D eigenvalue weighted by Gasteiger charge is 2.23. The molecule has 0 radical (unpaired) electrons. The number of nitrogens with zero attached hydrogens (tertiary/aromatic N) is 4. The summed E-state index contributed by atoms with van der Waals surface area (Å²) in [4.78, 5) is 13.1. The van der Waals surface area contributed by atoms with E-state index in [1.807, 2.05) is 16.7 Å². The lowest BCUT2D eigenvalue weighted by Crippen LogP contribution is -2.08. The smallest absolute Gasteiger partial charge is 0.223 e. The summed E-state index contributed by atoms with van der Waals surface area (Å²) in [6.07, 6.45) is 9.55. The lowest BCUT2D eigenvalue weighted by atomic mass is 10.1. The highest BCUT2D eigenvalue weighted by molar-refractivity contribution is 7.99. The molecule has 116 valence electrons. The van der Waals surface area contributed by atoms with Crippen LogP contribution in [0.3, 0.4) is 0 Å². The van der Waals surface area contributed by atoms with Crippen LogP contribution in [-0.2, 0) is 0 Å². The second-order valence-corrected chi connectivity index (χ2v) is 6.35. The van der Waals surface area contributed by atoms with Crippen molar-refractivity contribution in [3.63, 3.8) is 0 Å². The van der Waals surface area contributed by atoms with Gasteiger partial charge in [-0.05, 0) is 12.8 Å². The SMILES string of the molecule is C=CCCSc1nc(N)nc2c1ncn2[C@H]1C=C[C@@H](CO)C1. The fraction of sp³-hybridized carbons (Fsp3) is 0.400. The van der Waals surface area contributed by atoms with Gasteiger partial charge < -0.3 is 15.4 Å². The summed E-state index contributed by atoms with van der Waals surface area (Å²) < 4.78 is 2.01. The van der Waals surface area contributed by atoms with E-state index in [0.717, 1.165) is 34.8 Å². The summed E-state index contributed by atoms with van der Waals surface area (Å²) in [7, 11) is 0. The molecule has 2 atom stereocenters. The molecule has 3 N–H and O–H groups in total. The zero-order valence-electron chi connectivity index (χ0n) is 12.2. The predicted octanol–water partition coefficient (Wildman–Crippen LogP) is 2.19. The van der Waals surface area contributed by atoms with Gasteiger partial charge in [-0.3, -0.25) is 0 Å². The summed E-state index contributed by atoms with van der Waals surface area (Å²) in [5, 5.41) is 10.1. The van der Waals surface area contributed by atoms with Crippen LogP contribution in [0.25, 0.3) is 11.2 Å². The van der Waals surface area contributed by atoms with Crippen molar-refractivity contribution < 1.29 is 5.11 Å². The standard InChI is InChI=1S/C15H19N5OS/c1-2-3-6-22-14-12-13(18-15(16)19-14)20(9-17-12)11-5-4-10(7-11)8-21/h2,4-5,9-11,21H,1,3,6-8H2,(H2,16,18,19)/t10-,11+/m1/s1. The molecule has 2 aromatic heterocycles. The number of nitrogen functional groups attached to an aromatic ring is 1. The normalized spacial score (nSPS) is 20.8. The minimum atomic E-state index is 0.155. The van der Waals surface area contributed by atoms with Gasteiger partial charge >= 0.3 is 0 Å². The van der Waals surface area contributed by atoms with Crippen LogP contribution >= 0.6 is 11.8 Å². The molecular weight excluding hydrogens is 298 g/mol. The molecule has 0 aliphatic heterocycles. The predicted molar refractivity (Wildman–Crippen MR) is 88.6 cm³/mol. The second kappa shape index (κ2) is 6.50. The van der Waals surface area contributed by atoms with Gasteiger partial charge in [-0.2, -0.15) is 4.98 Å². The van der Waals surface area contributed by atoms with E-state index >= 15 is 0 Å². The van der Waals surface area contributed by atoms with Crippen LogP contribution in [0.5, 0.6) is 0 Å². The summed E-state index contributed by atoms with van der Waals surface area (Å²) >= 11 is 1.61. The van der Waals surface area contributed by atoms with Crippen LogP contribution in [-0.4, -0.2) is 37.0 Å². The number of allylic oxidation sites excluding steroid dienone is 2. The maximum absolute atomic E-state index is 9.27. The van der Waals surface area contributed by atoms with Crippen LogP contribution in [0.4, 0.5) is 5.95 Å². The number of hydrogen-bond acceptors (Lipinski definition) is 6. The van der Waals surface area contributed by atoms with Crippen LogP contribution in [0, 0.1) is 5.92 Å². The number of hydrogen-bond donors (Lipinski definition) is 2. The third-order valence-corrected chi connectivity index (χ3v) is 4.71. The first kappa shape index (κ1) is 15.1. The first-order valence-electron chi connectivity index (χ1n) is 7.26. The van der Waals surface area contributed by atoms with Crippen molar-refractivity contribution >= 4 is 28.9 Å². The number of imidazole rings is 1. The molecule has 6 nitrogen and oxygen atoms in total. The van der Waals surface area contributed by atoms with E-state index in [-0.39, 0.29) is 24.5 Å². The average molecular weight is 317 g/mol. The molecule has 1 aliphatic carbocycles. The van der Waals surface area contributed by atoms with Gasteiger partial charge in [0.15, 0.2) is 5.65 Å². The second-order valence-electron chi connectivity index (χ2n) is 5.27. The molecular formula is C15H19N5OS. The van der Waals surface area contributed by atoms with E-state index in [1.165, 1.54) is 0 Å². The minimum Gasteiger partial charge on any atom is -0.396 e. The Kier molecular flexibility index (Phi) is 4.44. The summed E-state index contributed by atoms with van der Waals surface area (Å²) in [5.41, 5.74) is 7.39. The van der Waals surface area contributed by atoms with E-state index in [1.54, 1.807) is 18.1 Å². The summed E-state index contributed by atoms with van der Waals surface area (Å²) in [6.45, 7) is 3.89. The largest absolute Gasteiger partial charge is 0.396 e. The first-order chi connectivity index (χ1) is 10.7. The van der Waals surface area contributed by atoms with E-state index in [9.17, 15) is 5.11 Å². The third-order valence-electron chi connectivity index (χ3n) is 3.71. The van der Waals surface area contributed by atoms with Gasteiger partial charge in [-0.15, -0.1) is 18.3 Å². The van der Waals surface area contributed by atoms with Gasteiger partial charge in [-0.1, -0.05) is 18.2 Å². The van der Waals surface area contributed by atoms with Crippen molar-refractivity contribution in [2.75, 3.05) is 18.1 Å². The molecule has 0 aromatic carbocycles. The molecule has 0 unspecified atom stereocenters. The van der Waals surface area contributed by atoms with Crippen LogP contribution in [0.1, 0.15) is 18.9 Å². The summed E-state index contributed by atoms with van der Waals surface area (Å²) in [5.74, 6) is 1.34. The topological polar surface area (TPSA) is 89.9 Å². The number of anilines is 1. The molecule has 0 bridgehead atoms. The Labute approximate surface area is 133 Å². The van der Waals surface area contributed by atoms with E-state index in [2.05, 4.69) is 27.6 Å². The molecule has 22 heavy (non-hydrogen) atoms. The van der Waals surface area contributed by atoms with Crippen molar-refractivity contribution in [1.29, 1.82) is 0 Å². The van der Waals surface area contributed by atoms with Crippen molar-refractivity contribution in [3.05, 3.63) is 31.1 Å². The number of aliphatic hydroxyl groups excluding tert-OH is 1. The molecule has 0 saturated carbocycles. The number of rotatable bonds is 6. The fourth-order valence-electron chi connectivity index (χ4n) is 2.58. The molecule has 0 spiro atoms. The Balaban J connectivity index is 1.93. The molecule has 0 amide bonds. The van der Waals surface area contributed by atoms with E-state index < -0.39 is 0 Å². The number of nitrogens with two attached hydrogens (primary N) is 1. The van der Waals surface area contributed by atoms with Crippen molar-refractivity contribution in [2.24, 2.45) is 5.92 Å². The van der Waals surface area contributed by atoms with Gasteiger partial charge in [0.2, 0.25) is 5.95 Å². The average Bonchev–Trinajstić information content (AvgIpc) is 3.13. The van der Waals surface area contributed by atoms with Gasteiger partial charge in [0.05, 0.1) is 12.4 Å². The van der Waals surface area contributed by atoms with Crippen LogP contribution in [0.2, 0.25) is 0 Å². The Hall–Kier alpha value is -1.86. The molecule has 0 fully saturated rings. The quantitative estimate of drug-likeness (QED) is 0.367. The maximum Gasteiger partial charge on any atom is 0.223 e. The number of thioether (sulfide) groups is 1. The van der Waals surface area contributed by atoms with Crippen molar-refractivity contribution in [1.82, 2.24) is 19.5 Å². The molecule has 7 heteroatoms. The highest BCUT2D eigenvalue weighted by atomic mass is 32.2. The number of aromatic nitrogens is 4. The number of fused-ring (bicyclic) bond motifs is 1. The van der Waals surface area contributed by atoms with E-state index in [4.69, 9.17) is 5.73 Å². The van der Waals surface area contributed by atoms with Gasteiger partial charge in [0.1, 0.15) is 10.5 Å². The van der Waals surface area contributed by atoms with Gasteiger partial charge in [0.25, 0.3) is 0 Å². The third kappa shape index (κ3) is 2.86. The maximum atomic E-state index is 9.27. The Morgan fingerprint density at radius 2 is 2.32 bits per heavy atom. The van der Waals surface area contributed by atoms with Crippen LogP contribution in [0.15, 0.2) is 36.2 Å². The minimum absolute atomic E-state index is 0.155. The monoisotopic (exact) mass is 317 g/mol. The zero-order chi connectivity index (χ0) is 15.5. The van der Waals surface area contributed by atoms with Crippen molar-refractivity contribution in [2.45, 2.75) is 23.9 Å². The Bertz CT molecular complexity index is 711. The van der Waals surface area contributed by atoms with Crippen LogP contribution < -0.4 is 5.73 Å². The molecule has 3 rings (SSSR count). The van der Waals surface area contributed by atoms with Crippen molar-refractivity contribution in [3.8, 4) is 0 Å². The van der Waals surface area contributed by atoms with E-state index in [0.29, 0.717) is 0 Å². The first-order valence-corrected chi connectivity index (χ1v) is 8.24. The fourth-order valence-corrected chi connectivity index (χ4v) is 3.50. The molecule has 2 aromatic rings. The number of aliphatic hydroxyl groups is 1. The molecule has 1 aliphatic rings. The zero-order valence-corrected chi connectivity index (χ0v) is 13.0.